The van der Waals surface area contributed by atoms with Gasteiger partial charge in [-0.25, -0.2) is 9.97 Å². The molecule has 6 rings (SSSR count). The Bertz CT molecular complexity index is 1530. The fraction of sp³-hybridized carbons (Fsp3) is 0.269. The number of rotatable bonds is 5. The van der Waals surface area contributed by atoms with Crippen LogP contribution in [-0.2, 0) is 4.79 Å². The third-order valence-corrected chi connectivity index (χ3v) is 6.52. The highest BCUT2D eigenvalue weighted by Gasteiger charge is 2.19. The van der Waals surface area contributed by atoms with E-state index in [9.17, 15) is 4.79 Å². The smallest absolute Gasteiger partial charge is 0.224 e. The normalized spacial score (nSPS) is 14.0. The van der Waals surface area contributed by atoms with Gasteiger partial charge < -0.3 is 15.2 Å². The van der Waals surface area contributed by atoms with Crippen molar-refractivity contribution in [1.82, 2.24) is 30.1 Å². The van der Waals surface area contributed by atoms with Gasteiger partial charge in [0.15, 0.2) is 11.5 Å². The molecule has 0 radical (unpaired) electrons. The van der Waals surface area contributed by atoms with Crippen LogP contribution in [0.25, 0.3) is 44.7 Å². The minimum absolute atomic E-state index is 0.0426. The molecule has 0 bridgehead atoms. The Labute approximate surface area is 202 Å². The third-order valence-electron chi connectivity index (χ3n) is 6.52. The van der Waals surface area contributed by atoms with Crippen LogP contribution in [0.3, 0.4) is 0 Å². The number of carbonyl (C=O) groups excluding carboxylic acids is 1. The number of piperidine rings is 1. The van der Waals surface area contributed by atoms with Crippen molar-refractivity contribution in [2.45, 2.75) is 32.6 Å². The van der Waals surface area contributed by atoms with Gasteiger partial charge >= 0.3 is 0 Å². The second kappa shape index (κ2) is 8.83. The summed E-state index contributed by atoms with van der Waals surface area (Å²) in [6.45, 7) is 3.91. The number of carbonyl (C=O) groups is 1. The number of hydrogen-bond donors (Lipinski definition) is 3. The molecule has 5 aromatic rings. The molecule has 1 aliphatic heterocycles. The van der Waals surface area contributed by atoms with Crippen LogP contribution in [0.5, 0.6) is 0 Å². The molecule has 1 aliphatic rings. The van der Waals surface area contributed by atoms with E-state index in [1.165, 1.54) is 19.3 Å². The van der Waals surface area contributed by atoms with E-state index in [4.69, 9.17) is 4.98 Å². The molecule has 5 heterocycles. The molecule has 0 unspecified atom stereocenters. The highest BCUT2D eigenvalue weighted by Crippen LogP contribution is 2.33. The van der Waals surface area contributed by atoms with Gasteiger partial charge in [0.25, 0.3) is 0 Å². The summed E-state index contributed by atoms with van der Waals surface area (Å²) in [5.41, 5.74) is 6.98. The van der Waals surface area contributed by atoms with E-state index < -0.39 is 0 Å². The summed E-state index contributed by atoms with van der Waals surface area (Å²) in [6, 6.07) is 10.1. The predicted octanol–water partition coefficient (Wildman–Crippen LogP) is 4.90. The number of nitrogens with one attached hydrogen (secondary N) is 3. The van der Waals surface area contributed by atoms with Crippen molar-refractivity contribution in [3.8, 4) is 22.6 Å². The van der Waals surface area contributed by atoms with Crippen molar-refractivity contribution in [2.75, 3.05) is 23.3 Å². The van der Waals surface area contributed by atoms with Gasteiger partial charge in [0.05, 0.1) is 23.1 Å². The molecule has 0 atom stereocenters. The van der Waals surface area contributed by atoms with E-state index in [0.717, 1.165) is 57.7 Å². The molecule has 3 N–H and O–H groups in total. The first-order valence-electron chi connectivity index (χ1n) is 12.0. The maximum atomic E-state index is 11.8. The molecule has 0 saturated carbocycles. The zero-order valence-corrected chi connectivity index (χ0v) is 19.5. The van der Waals surface area contributed by atoms with Gasteiger partial charge in [-0.15, -0.1) is 0 Å². The van der Waals surface area contributed by atoms with Crippen LogP contribution in [0.2, 0.25) is 0 Å². The van der Waals surface area contributed by atoms with E-state index in [1.807, 2.05) is 31.3 Å². The number of anilines is 2. The molecule has 9 heteroatoms. The summed E-state index contributed by atoms with van der Waals surface area (Å²) in [6.07, 6.45) is 9.38. The van der Waals surface area contributed by atoms with Gasteiger partial charge in [-0.05, 0) is 49.1 Å². The van der Waals surface area contributed by atoms with Crippen LogP contribution in [0.4, 0.5) is 11.4 Å². The Balaban J connectivity index is 1.39. The van der Waals surface area contributed by atoms with Gasteiger partial charge in [0.2, 0.25) is 5.91 Å². The number of aromatic nitrogens is 6. The molecule has 1 saturated heterocycles. The van der Waals surface area contributed by atoms with Crippen molar-refractivity contribution in [3.63, 3.8) is 0 Å². The number of pyridine rings is 2. The molecular formula is C26H26N8O. The Morgan fingerprint density at radius 2 is 1.97 bits per heavy atom. The topological polar surface area (TPSA) is 115 Å². The van der Waals surface area contributed by atoms with Crippen LogP contribution < -0.4 is 10.2 Å². The largest absolute Gasteiger partial charge is 0.370 e. The maximum absolute atomic E-state index is 11.8. The van der Waals surface area contributed by atoms with Crippen molar-refractivity contribution in [3.05, 3.63) is 48.9 Å². The van der Waals surface area contributed by atoms with E-state index in [1.54, 1.807) is 12.4 Å². The molecule has 0 spiro atoms. The zero-order chi connectivity index (χ0) is 23.8. The number of nitrogens with zero attached hydrogens (tertiary/aromatic N) is 5. The molecule has 1 aromatic carbocycles. The summed E-state index contributed by atoms with van der Waals surface area (Å²) in [5.74, 6) is 0.640. The number of aromatic amines is 2. The van der Waals surface area contributed by atoms with E-state index in [2.05, 4.69) is 47.5 Å². The predicted molar refractivity (Wildman–Crippen MR) is 137 cm³/mol. The average Bonchev–Trinajstić information content (AvgIpc) is 3.53. The molecule has 176 valence electrons. The number of amides is 1. The zero-order valence-electron chi connectivity index (χ0n) is 19.5. The second-order valence-electron chi connectivity index (χ2n) is 8.86. The highest BCUT2D eigenvalue weighted by atomic mass is 16.1. The number of hydrogen-bond acceptors (Lipinski definition) is 6. The Morgan fingerprint density at radius 1 is 1.09 bits per heavy atom. The monoisotopic (exact) mass is 466 g/mol. The SMILES string of the molecule is CCC(=O)Nc1cncc(-c2ccc3[nH]nc(-c4nc5c(N6CCCCC6)ccnc5[nH]4)c3c2)c1. The number of imidazole rings is 1. The quantitative estimate of drug-likeness (QED) is 0.339. The lowest BCUT2D eigenvalue weighted by atomic mass is 10.0. The number of benzene rings is 1. The first-order valence-corrected chi connectivity index (χ1v) is 12.0. The van der Waals surface area contributed by atoms with Gasteiger partial charge in [0, 0.05) is 42.9 Å². The lowest BCUT2D eigenvalue weighted by molar-refractivity contribution is -0.115. The second-order valence-corrected chi connectivity index (χ2v) is 8.86. The minimum Gasteiger partial charge on any atom is -0.370 e. The summed E-state index contributed by atoms with van der Waals surface area (Å²) >= 11 is 0. The summed E-state index contributed by atoms with van der Waals surface area (Å²) in [4.78, 5) is 31.3. The van der Waals surface area contributed by atoms with Crippen molar-refractivity contribution < 1.29 is 4.79 Å². The van der Waals surface area contributed by atoms with E-state index >= 15 is 0 Å². The molecular weight excluding hydrogens is 440 g/mol. The Morgan fingerprint density at radius 3 is 2.83 bits per heavy atom. The number of H-pyrrole nitrogens is 2. The summed E-state index contributed by atoms with van der Waals surface area (Å²) in [7, 11) is 0. The summed E-state index contributed by atoms with van der Waals surface area (Å²) in [5, 5.41) is 11.5. The van der Waals surface area contributed by atoms with Crippen LogP contribution in [-0.4, -0.2) is 49.1 Å². The Kier molecular flexibility index (Phi) is 5.36. The van der Waals surface area contributed by atoms with Crippen LogP contribution in [0.15, 0.2) is 48.9 Å². The van der Waals surface area contributed by atoms with Gasteiger partial charge in [-0.1, -0.05) is 13.0 Å². The van der Waals surface area contributed by atoms with Crippen LogP contribution in [0, 0.1) is 0 Å². The lowest BCUT2D eigenvalue weighted by Gasteiger charge is -2.28. The minimum atomic E-state index is -0.0426. The van der Waals surface area contributed by atoms with Crippen molar-refractivity contribution >= 4 is 39.3 Å². The first-order chi connectivity index (χ1) is 17.2. The Hall–Kier alpha value is -4.27. The fourth-order valence-electron chi connectivity index (χ4n) is 4.69. The van der Waals surface area contributed by atoms with Crippen LogP contribution >= 0.6 is 0 Å². The average molecular weight is 467 g/mol. The maximum Gasteiger partial charge on any atom is 0.224 e. The van der Waals surface area contributed by atoms with Crippen molar-refractivity contribution in [2.24, 2.45) is 0 Å². The van der Waals surface area contributed by atoms with Gasteiger partial charge in [-0.2, -0.15) is 5.10 Å². The first kappa shape index (κ1) is 21.3. The van der Waals surface area contributed by atoms with Gasteiger partial charge in [0.1, 0.15) is 11.2 Å². The van der Waals surface area contributed by atoms with E-state index in [0.29, 0.717) is 17.9 Å². The number of fused-ring (bicyclic) bond motifs is 2. The third kappa shape index (κ3) is 3.99. The van der Waals surface area contributed by atoms with Crippen molar-refractivity contribution in [1.29, 1.82) is 0 Å². The molecule has 1 amide bonds. The van der Waals surface area contributed by atoms with Gasteiger partial charge in [-0.3, -0.25) is 14.9 Å². The highest BCUT2D eigenvalue weighted by molar-refractivity contribution is 5.97. The standard InChI is InChI=1S/C26H26N8O/c1-2-22(35)29-18-12-17(14-27-15-18)16-6-7-20-19(13-16)23(33-32-20)26-30-24-21(8-9-28-25(24)31-26)34-10-4-3-5-11-34/h6-9,12-15H,2-5,10-11H2,1H3,(H,29,35)(H,32,33)(H,28,30,31). The molecule has 1 fully saturated rings. The molecule has 35 heavy (non-hydrogen) atoms. The van der Waals surface area contributed by atoms with E-state index in [-0.39, 0.29) is 5.91 Å². The molecule has 4 aromatic heterocycles. The summed E-state index contributed by atoms with van der Waals surface area (Å²) < 4.78 is 0. The van der Waals surface area contributed by atoms with Crippen LogP contribution in [0.1, 0.15) is 32.6 Å². The molecule has 9 nitrogen and oxygen atoms in total. The fourth-order valence-corrected chi connectivity index (χ4v) is 4.69. The lowest BCUT2D eigenvalue weighted by Crippen LogP contribution is -2.29. The molecule has 0 aliphatic carbocycles.